The van der Waals surface area contributed by atoms with E-state index in [0.29, 0.717) is 39.3 Å². The van der Waals surface area contributed by atoms with Crippen LogP contribution in [0.2, 0.25) is 0 Å². The summed E-state index contributed by atoms with van der Waals surface area (Å²) in [7, 11) is 0. The molecule has 0 aromatic rings. The van der Waals surface area contributed by atoms with Crippen LogP contribution in [0.5, 0.6) is 0 Å². The van der Waals surface area contributed by atoms with Crippen molar-refractivity contribution < 1.29 is 33.7 Å². The second-order valence-electron chi connectivity index (χ2n) is 9.72. The van der Waals surface area contributed by atoms with Gasteiger partial charge in [0.25, 0.3) is 0 Å². The molecule has 4 fully saturated rings. The van der Waals surface area contributed by atoms with Crippen LogP contribution in [0.3, 0.4) is 0 Å². The zero-order valence-corrected chi connectivity index (χ0v) is 22.0. The number of likely N-dealkylation sites (tertiary alicyclic amines) is 1. The monoisotopic (exact) mass is 557 g/mol. The average molecular weight is 558 g/mol. The number of ether oxygens (including phenoxy) is 3. The first-order valence-electron chi connectivity index (χ1n) is 12.4. The molecule has 0 saturated carbocycles. The number of hydrogen-bond donors (Lipinski definition) is 1. The predicted molar refractivity (Wildman–Crippen MR) is 130 cm³/mol. The summed E-state index contributed by atoms with van der Waals surface area (Å²) in [5, 5.41) is 9.97. The molecule has 1 spiro atoms. The Morgan fingerprint density at radius 3 is 2.74 bits per heavy atom. The molecule has 11 heteroatoms. The number of halogens is 1. The van der Waals surface area contributed by atoms with Crippen LogP contribution in [-0.4, -0.2) is 125 Å². The van der Waals surface area contributed by atoms with E-state index in [1.54, 1.807) is 24.8 Å². The number of rotatable bonds is 10. The van der Waals surface area contributed by atoms with Gasteiger partial charge in [0.15, 0.2) is 0 Å². The Hall–Kier alpha value is -1.53. The normalized spacial score (nSPS) is 35.1. The van der Waals surface area contributed by atoms with Gasteiger partial charge in [-0.2, -0.15) is 0 Å². The molecule has 35 heavy (non-hydrogen) atoms. The summed E-state index contributed by atoms with van der Waals surface area (Å²) >= 11 is 3.64. The molecule has 7 atom stereocenters. The Morgan fingerprint density at radius 2 is 2.11 bits per heavy atom. The van der Waals surface area contributed by atoms with Crippen LogP contribution < -0.4 is 0 Å². The highest BCUT2D eigenvalue weighted by Gasteiger charge is 2.77. The van der Waals surface area contributed by atoms with Gasteiger partial charge in [0.2, 0.25) is 11.8 Å². The number of carbonyl (C=O) groups is 3. The number of esters is 1. The van der Waals surface area contributed by atoms with E-state index in [0.717, 1.165) is 13.1 Å². The highest BCUT2D eigenvalue weighted by Crippen LogP contribution is 2.60. The highest BCUT2D eigenvalue weighted by atomic mass is 79.9. The maximum atomic E-state index is 14.2. The minimum Gasteiger partial charge on any atom is -0.466 e. The predicted octanol–water partition coefficient (Wildman–Crippen LogP) is 0.0251. The zero-order valence-electron chi connectivity index (χ0n) is 20.4. The van der Waals surface area contributed by atoms with E-state index >= 15 is 0 Å². The summed E-state index contributed by atoms with van der Waals surface area (Å²) in [6.07, 6.45) is 1.54. The van der Waals surface area contributed by atoms with Gasteiger partial charge in [-0.15, -0.1) is 6.58 Å². The summed E-state index contributed by atoms with van der Waals surface area (Å²) in [4.78, 5) is 46.1. The van der Waals surface area contributed by atoms with E-state index in [4.69, 9.17) is 14.2 Å². The summed E-state index contributed by atoms with van der Waals surface area (Å²) < 4.78 is 17.2. The number of morpholine rings is 1. The first kappa shape index (κ1) is 26.5. The molecule has 4 saturated heterocycles. The molecule has 10 nitrogen and oxygen atoms in total. The van der Waals surface area contributed by atoms with Crippen LogP contribution in [-0.2, 0) is 28.6 Å². The van der Waals surface area contributed by atoms with Crippen LogP contribution in [0, 0.1) is 11.8 Å². The Kier molecular flexibility index (Phi) is 8.22. The number of fused-ring (bicyclic) bond motifs is 1. The molecule has 1 N–H and O–H groups in total. The van der Waals surface area contributed by atoms with Crippen molar-refractivity contribution in [2.45, 2.75) is 48.9 Å². The van der Waals surface area contributed by atoms with E-state index in [-0.39, 0.29) is 29.9 Å². The molecule has 0 aromatic heterocycles. The van der Waals surface area contributed by atoms with Crippen molar-refractivity contribution in [1.29, 1.82) is 0 Å². The fraction of sp³-hybridized carbons (Fsp3) is 0.792. The van der Waals surface area contributed by atoms with Gasteiger partial charge in [-0.05, 0) is 20.3 Å². The van der Waals surface area contributed by atoms with Crippen LogP contribution in [0.1, 0.15) is 20.3 Å². The fourth-order valence-electron chi connectivity index (χ4n) is 6.12. The molecule has 0 aromatic carbocycles. The lowest BCUT2D eigenvalue weighted by atomic mass is 9.70. The number of alkyl halides is 1. The molecule has 2 amide bonds. The van der Waals surface area contributed by atoms with Gasteiger partial charge in [-0.3, -0.25) is 19.3 Å². The number of nitrogens with zero attached hydrogens (tertiary/aromatic N) is 3. The number of amides is 2. The molecule has 2 bridgehead atoms. The van der Waals surface area contributed by atoms with E-state index < -0.39 is 41.6 Å². The molecule has 0 radical (unpaired) electrons. The van der Waals surface area contributed by atoms with Crippen LogP contribution in [0.15, 0.2) is 12.7 Å². The molecule has 4 rings (SSSR count). The minimum atomic E-state index is -1.16. The first-order valence-corrected chi connectivity index (χ1v) is 13.3. The van der Waals surface area contributed by atoms with E-state index in [2.05, 4.69) is 27.4 Å². The van der Waals surface area contributed by atoms with Crippen LogP contribution >= 0.6 is 15.9 Å². The van der Waals surface area contributed by atoms with E-state index in [9.17, 15) is 19.5 Å². The standard InChI is InChI=1S/C24H36BrN3O7/c1-4-6-27(8-7-26-9-11-33-12-10-26)22(31)20-24-13-16(25)19(35-24)17(23(32)34-5-2)18(24)21(30)28(20)15(3)14-29/h4,15-20,29H,1,5-14H2,2-3H3/t15-,16?,17+,18+,19+,20?,24?/m1/s1. The molecular weight excluding hydrogens is 522 g/mol. The minimum absolute atomic E-state index is 0.191. The van der Waals surface area contributed by atoms with Crippen molar-refractivity contribution in [1.82, 2.24) is 14.7 Å². The molecule has 0 aliphatic carbocycles. The largest absolute Gasteiger partial charge is 0.466 e. The van der Waals surface area contributed by atoms with Crippen molar-refractivity contribution in [3.05, 3.63) is 12.7 Å². The summed E-state index contributed by atoms with van der Waals surface area (Å²) in [6.45, 7) is 11.5. The Balaban J connectivity index is 1.66. The smallest absolute Gasteiger partial charge is 0.312 e. The lowest BCUT2D eigenvalue weighted by molar-refractivity contribution is -0.156. The average Bonchev–Trinajstić information content (AvgIpc) is 3.45. The van der Waals surface area contributed by atoms with Gasteiger partial charge in [0.1, 0.15) is 11.6 Å². The van der Waals surface area contributed by atoms with Gasteiger partial charge in [0, 0.05) is 37.6 Å². The Bertz CT molecular complexity index is 838. The van der Waals surface area contributed by atoms with Gasteiger partial charge < -0.3 is 29.1 Å². The maximum Gasteiger partial charge on any atom is 0.312 e. The van der Waals surface area contributed by atoms with Gasteiger partial charge in [0.05, 0.1) is 50.4 Å². The molecule has 4 aliphatic rings. The molecule has 196 valence electrons. The second-order valence-corrected chi connectivity index (χ2v) is 10.9. The van der Waals surface area contributed by atoms with Crippen molar-refractivity contribution in [3.8, 4) is 0 Å². The number of carbonyl (C=O) groups excluding carboxylic acids is 3. The summed E-state index contributed by atoms with van der Waals surface area (Å²) in [6, 6.07) is -1.56. The van der Waals surface area contributed by atoms with Crippen LogP contribution in [0.25, 0.3) is 0 Å². The van der Waals surface area contributed by atoms with Crippen molar-refractivity contribution in [2.75, 3.05) is 59.2 Å². The van der Waals surface area contributed by atoms with E-state index in [1.165, 1.54) is 4.90 Å². The Labute approximate surface area is 214 Å². The lowest BCUT2D eigenvalue weighted by Crippen LogP contribution is -2.59. The van der Waals surface area contributed by atoms with Crippen LogP contribution in [0.4, 0.5) is 0 Å². The fourth-order valence-corrected chi connectivity index (χ4v) is 7.07. The van der Waals surface area contributed by atoms with Crippen molar-refractivity contribution >= 4 is 33.7 Å². The van der Waals surface area contributed by atoms with Crippen molar-refractivity contribution in [3.63, 3.8) is 0 Å². The third-order valence-electron chi connectivity index (χ3n) is 7.71. The molecule has 4 heterocycles. The Morgan fingerprint density at radius 1 is 1.40 bits per heavy atom. The zero-order chi connectivity index (χ0) is 25.3. The topological polar surface area (TPSA) is 109 Å². The molecule has 3 unspecified atom stereocenters. The van der Waals surface area contributed by atoms with Gasteiger partial charge in [-0.1, -0.05) is 22.0 Å². The van der Waals surface area contributed by atoms with Gasteiger partial charge >= 0.3 is 5.97 Å². The third kappa shape index (κ3) is 4.54. The molecule has 4 aliphatic heterocycles. The quantitative estimate of drug-likeness (QED) is 0.227. The summed E-state index contributed by atoms with van der Waals surface area (Å²) in [5.41, 5.74) is -1.16. The first-order chi connectivity index (χ1) is 16.8. The van der Waals surface area contributed by atoms with Gasteiger partial charge in [-0.25, -0.2) is 0 Å². The second kappa shape index (κ2) is 10.8. The third-order valence-corrected chi connectivity index (χ3v) is 8.55. The molecular formula is C24H36BrN3O7. The maximum absolute atomic E-state index is 14.2. The number of aliphatic hydroxyl groups excluding tert-OH is 1. The van der Waals surface area contributed by atoms with E-state index in [1.807, 2.05) is 0 Å². The summed E-state index contributed by atoms with van der Waals surface area (Å²) in [5.74, 6) is -2.70. The van der Waals surface area contributed by atoms with Crippen molar-refractivity contribution in [2.24, 2.45) is 11.8 Å². The number of aliphatic hydroxyl groups is 1. The number of hydrogen-bond acceptors (Lipinski definition) is 8. The SMILES string of the molecule is C=CCN(CCN1CCOCC1)C(=O)C1N([C@H](C)CO)C(=O)[C@@H]2[C@H](C(=O)OCC)[C@H]3OC12CC3Br. The lowest BCUT2D eigenvalue weighted by Gasteiger charge is -2.39. The highest BCUT2D eigenvalue weighted by molar-refractivity contribution is 9.09.